The van der Waals surface area contributed by atoms with Crippen LogP contribution >= 0.6 is 0 Å². The Morgan fingerprint density at radius 1 is 0.676 bits per heavy atom. The summed E-state index contributed by atoms with van der Waals surface area (Å²) in [7, 11) is 0. The van der Waals surface area contributed by atoms with Crippen LogP contribution in [0.1, 0.15) is 37.8 Å². The molecular weight excluding hydrogens is 468 g/mol. The third-order valence-corrected chi connectivity index (χ3v) is 7.52. The molecule has 37 heavy (non-hydrogen) atoms. The van der Waals surface area contributed by atoms with Crippen molar-refractivity contribution in [1.82, 2.24) is 0 Å². The van der Waals surface area contributed by atoms with E-state index in [-0.39, 0.29) is 40.6 Å². The van der Waals surface area contributed by atoms with Gasteiger partial charge in [0, 0.05) is 5.41 Å². The number of fused-ring (bicyclic) bond motifs is 4. The number of aromatic hydroxyl groups is 2. The van der Waals surface area contributed by atoms with Crippen LogP contribution in [-0.4, -0.2) is 32.4 Å². The van der Waals surface area contributed by atoms with Gasteiger partial charge in [0.1, 0.15) is 11.5 Å². The molecule has 0 aromatic heterocycles. The first-order chi connectivity index (χ1) is 17.5. The molecule has 2 aromatic carbocycles. The van der Waals surface area contributed by atoms with E-state index in [1.165, 1.54) is 11.1 Å². The van der Waals surface area contributed by atoms with Crippen molar-refractivity contribution in [2.75, 3.05) is 0 Å². The lowest BCUT2D eigenvalue weighted by molar-refractivity contribution is -0.141. The minimum Gasteiger partial charge on any atom is -0.508 e. The van der Waals surface area contributed by atoms with Crippen LogP contribution < -0.4 is 0 Å². The van der Waals surface area contributed by atoms with Crippen LogP contribution in [0.4, 0.5) is 0 Å². The predicted octanol–water partition coefficient (Wildman–Crippen LogP) is 5.83. The number of aliphatic carboxylic acids is 2. The highest BCUT2D eigenvalue weighted by atomic mass is 16.4. The normalized spacial score (nSPS) is 23.9. The van der Waals surface area contributed by atoms with E-state index >= 15 is 0 Å². The van der Waals surface area contributed by atoms with E-state index < -0.39 is 11.9 Å². The van der Waals surface area contributed by atoms with Crippen LogP contribution in [0.5, 0.6) is 11.5 Å². The van der Waals surface area contributed by atoms with E-state index in [1.54, 1.807) is 24.3 Å². The second kappa shape index (κ2) is 10.5. The molecule has 0 saturated heterocycles. The van der Waals surface area contributed by atoms with Crippen molar-refractivity contribution < 1.29 is 30.0 Å². The molecular formula is C31H32O6. The number of hydrogen-bond donors (Lipinski definition) is 4. The van der Waals surface area contributed by atoms with Crippen LogP contribution in [0.2, 0.25) is 0 Å². The number of benzene rings is 2. The Labute approximate surface area is 216 Å². The largest absolute Gasteiger partial charge is 0.508 e. The van der Waals surface area contributed by atoms with Crippen LogP contribution in [-0.2, 0) is 15.0 Å². The van der Waals surface area contributed by atoms with Gasteiger partial charge in [-0.25, -0.2) is 0 Å². The van der Waals surface area contributed by atoms with Crippen LogP contribution in [0, 0.1) is 23.7 Å². The lowest BCUT2D eigenvalue weighted by Gasteiger charge is -2.26. The predicted molar refractivity (Wildman–Crippen MR) is 141 cm³/mol. The molecule has 0 fully saturated rings. The average molecular weight is 501 g/mol. The number of carboxylic acids is 2. The molecule has 0 amide bonds. The van der Waals surface area contributed by atoms with E-state index in [0.717, 1.165) is 24.0 Å². The zero-order valence-electron chi connectivity index (χ0n) is 20.9. The van der Waals surface area contributed by atoms with Gasteiger partial charge in [-0.1, -0.05) is 85.7 Å². The molecule has 6 nitrogen and oxygen atoms in total. The third kappa shape index (κ3) is 5.85. The molecule has 2 aromatic rings. The first-order valence-corrected chi connectivity index (χ1v) is 12.4. The number of carbonyl (C=O) groups is 2. The summed E-state index contributed by atoms with van der Waals surface area (Å²) in [6.07, 6.45) is 13.6. The van der Waals surface area contributed by atoms with Crippen molar-refractivity contribution in [2.45, 2.75) is 32.1 Å². The Morgan fingerprint density at radius 2 is 1.03 bits per heavy atom. The Balaban J connectivity index is 0.000000137. The van der Waals surface area contributed by atoms with Gasteiger partial charge in [-0.15, -0.1) is 0 Å². The molecule has 0 saturated carbocycles. The Kier molecular flexibility index (Phi) is 7.39. The number of rotatable bonds is 4. The number of carboxylic acid groups (broad SMARTS) is 2. The molecule has 4 aliphatic carbocycles. The SMILES string of the molecule is CC(C)(c1ccc(O)cc1)c1ccc(O)cc1.O=C(O)C1C=C2C=CC1C2.O=C(O)C1C=C2C=CC1C2. The first kappa shape index (κ1) is 26.0. The third-order valence-electron chi connectivity index (χ3n) is 7.52. The molecule has 4 N–H and O–H groups in total. The van der Waals surface area contributed by atoms with Crippen molar-refractivity contribution in [1.29, 1.82) is 0 Å². The monoisotopic (exact) mass is 500 g/mol. The lowest BCUT2D eigenvalue weighted by Crippen LogP contribution is -2.18. The summed E-state index contributed by atoms with van der Waals surface area (Å²) in [5, 5.41) is 35.9. The van der Waals surface area contributed by atoms with Crippen molar-refractivity contribution in [3.63, 3.8) is 0 Å². The van der Waals surface area contributed by atoms with Gasteiger partial charge >= 0.3 is 11.9 Å². The van der Waals surface area contributed by atoms with Gasteiger partial charge in [-0.2, -0.15) is 0 Å². The summed E-state index contributed by atoms with van der Waals surface area (Å²) in [5.74, 6) is -0.792. The summed E-state index contributed by atoms with van der Waals surface area (Å²) in [4.78, 5) is 21.0. The van der Waals surface area contributed by atoms with Gasteiger partial charge in [0.25, 0.3) is 0 Å². The molecule has 0 aliphatic heterocycles. The van der Waals surface area contributed by atoms with E-state index in [4.69, 9.17) is 10.2 Å². The molecule has 0 radical (unpaired) electrons. The van der Waals surface area contributed by atoms with Gasteiger partial charge in [0.15, 0.2) is 0 Å². The summed E-state index contributed by atoms with van der Waals surface area (Å²) >= 11 is 0. The number of phenolic OH excluding ortho intramolecular Hbond substituents is 2. The first-order valence-electron chi connectivity index (χ1n) is 12.4. The second-order valence-corrected chi connectivity index (χ2v) is 10.4. The molecule has 4 bridgehead atoms. The van der Waals surface area contributed by atoms with E-state index in [0.29, 0.717) is 0 Å². The Bertz CT molecular complexity index is 1180. The highest BCUT2D eigenvalue weighted by Crippen LogP contribution is 2.39. The minimum absolute atomic E-state index is 0.151. The number of hydrogen-bond acceptors (Lipinski definition) is 4. The minimum atomic E-state index is -0.690. The molecule has 0 heterocycles. The maximum atomic E-state index is 10.5. The van der Waals surface area contributed by atoms with Gasteiger partial charge in [0.2, 0.25) is 0 Å². The molecule has 4 atom stereocenters. The van der Waals surface area contributed by atoms with Gasteiger partial charge in [-0.05, 0) is 60.1 Å². The Hall–Kier alpha value is -4.06. The lowest BCUT2D eigenvalue weighted by atomic mass is 9.78. The molecule has 6 heteroatoms. The molecule has 192 valence electrons. The Morgan fingerprint density at radius 3 is 1.24 bits per heavy atom. The smallest absolute Gasteiger partial charge is 0.310 e. The van der Waals surface area contributed by atoms with Crippen molar-refractivity contribution in [2.24, 2.45) is 23.7 Å². The fourth-order valence-electron chi connectivity index (χ4n) is 5.19. The molecule has 0 spiro atoms. The topological polar surface area (TPSA) is 115 Å². The highest BCUT2D eigenvalue weighted by Gasteiger charge is 2.34. The van der Waals surface area contributed by atoms with Gasteiger partial charge in [0.05, 0.1) is 11.8 Å². The van der Waals surface area contributed by atoms with E-state index in [1.807, 2.05) is 60.7 Å². The van der Waals surface area contributed by atoms with Crippen LogP contribution in [0.25, 0.3) is 0 Å². The zero-order valence-corrected chi connectivity index (χ0v) is 20.9. The molecule has 4 unspecified atom stereocenters. The van der Waals surface area contributed by atoms with Gasteiger partial charge < -0.3 is 20.4 Å². The summed E-state index contributed by atoms with van der Waals surface area (Å²) in [6, 6.07) is 14.4. The fraction of sp³-hybridized carbons (Fsp3) is 0.290. The van der Waals surface area contributed by atoms with E-state index in [9.17, 15) is 19.8 Å². The summed E-state index contributed by atoms with van der Waals surface area (Å²) in [6.45, 7) is 4.23. The average Bonchev–Trinajstić information content (AvgIpc) is 3.68. The van der Waals surface area contributed by atoms with Crippen molar-refractivity contribution in [3.05, 3.63) is 107 Å². The fourth-order valence-corrected chi connectivity index (χ4v) is 5.19. The molecule has 6 rings (SSSR count). The van der Waals surface area contributed by atoms with Crippen molar-refractivity contribution in [3.8, 4) is 11.5 Å². The standard InChI is InChI=1S/C15H16O2.2C8H8O2/c1-15(2,11-3-7-13(16)8-4-11)12-5-9-14(17)10-6-12;2*9-8(10)7-4-5-1-2-6(7)3-5/h3-10,16-17H,1-2H3;2*1-2,4,6-7H,3H2,(H,9,10). The van der Waals surface area contributed by atoms with Crippen molar-refractivity contribution >= 4 is 11.9 Å². The van der Waals surface area contributed by atoms with Gasteiger partial charge in [-0.3, -0.25) is 9.59 Å². The quantitative estimate of drug-likeness (QED) is 0.420. The maximum absolute atomic E-state index is 10.5. The highest BCUT2D eigenvalue weighted by molar-refractivity contribution is 5.75. The maximum Gasteiger partial charge on any atom is 0.310 e. The summed E-state index contributed by atoms with van der Waals surface area (Å²) < 4.78 is 0. The number of allylic oxidation sites excluding steroid dienone is 6. The molecule has 4 aliphatic rings. The van der Waals surface area contributed by atoms with Crippen LogP contribution in [0.3, 0.4) is 0 Å². The summed E-state index contributed by atoms with van der Waals surface area (Å²) in [5.41, 5.74) is 4.48. The zero-order chi connectivity index (χ0) is 26.7. The van der Waals surface area contributed by atoms with Crippen LogP contribution in [0.15, 0.2) is 96.1 Å². The number of phenols is 2. The second-order valence-electron chi connectivity index (χ2n) is 10.4. The van der Waals surface area contributed by atoms with E-state index in [2.05, 4.69) is 13.8 Å².